The number of hydrogen-bond acceptors (Lipinski definition) is 3. The minimum Gasteiger partial charge on any atom is -0.466 e. The second-order valence-corrected chi connectivity index (χ2v) is 4.17. The summed E-state index contributed by atoms with van der Waals surface area (Å²) < 4.78 is 6.35. The van der Waals surface area contributed by atoms with Gasteiger partial charge in [0.05, 0.1) is 16.8 Å². The maximum atomic E-state index is 5.36. The zero-order valence-electron chi connectivity index (χ0n) is 8.33. The molecule has 0 bridgehead atoms. The van der Waals surface area contributed by atoms with Crippen molar-refractivity contribution in [3.63, 3.8) is 0 Å². The molecular formula is C10H12BrN3O. The van der Waals surface area contributed by atoms with Gasteiger partial charge in [0.2, 0.25) is 0 Å². The third kappa shape index (κ3) is 2.49. The second-order valence-electron chi connectivity index (χ2n) is 3.32. The number of halogens is 1. The van der Waals surface area contributed by atoms with E-state index < -0.39 is 0 Å². The zero-order chi connectivity index (χ0) is 10.7. The van der Waals surface area contributed by atoms with Crippen molar-refractivity contribution in [2.45, 2.75) is 19.5 Å². The monoisotopic (exact) mass is 269 g/mol. The second kappa shape index (κ2) is 4.63. The Morgan fingerprint density at radius 2 is 2.47 bits per heavy atom. The number of aromatic amines is 1. The first-order chi connectivity index (χ1) is 7.27. The Balaban J connectivity index is 1.93. The van der Waals surface area contributed by atoms with Gasteiger partial charge in [-0.1, -0.05) is 0 Å². The van der Waals surface area contributed by atoms with Gasteiger partial charge in [0.25, 0.3) is 0 Å². The van der Waals surface area contributed by atoms with Crippen LogP contribution in [0, 0.1) is 0 Å². The molecule has 0 amide bonds. The average molecular weight is 270 g/mol. The largest absolute Gasteiger partial charge is 0.466 e. The van der Waals surface area contributed by atoms with Gasteiger partial charge in [-0.25, -0.2) is 0 Å². The summed E-state index contributed by atoms with van der Waals surface area (Å²) in [6.07, 6.45) is 3.41. The maximum absolute atomic E-state index is 5.36. The average Bonchev–Trinajstić information content (AvgIpc) is 2.84. The molecule has 0 fully saturated rings. The van der Waals surface area contributed by atoms with E-state index >= 15 is 0 Å². The number of furan rings is 1. The molecule has 2 heterocycles. The summed E-state index contributed by atoms with van der Waals surface area (Å²) in [5.74, 6) is 0.912. The van der Waals surface area contributed by atoms with Crippen LogP contribution in [0.2, 0.25) is 0 Å². The van der Waals surface area contributed by atoms with Gasteiger partial charge < -0.3 is 9.73 Å². The first kappa shape index (κ1) is 10.4. The Morgan fingerprint density at radius 1 is 1.60 bits per heavy atom. The molecule has 0 saturated heterocycles. The van der Waals surface area contributed by atoms with Crippen LogP contribution in [0.4, 0.5) is 0 Å². The Kier molecular flexibility index (Phi) is 3.23. The van der Waals surface area contributed by atoms with Crippen molar-refractivity contribution in [1.29, 1.82) is 0 Å². The molecule has 0 aliphatic heterocycles. The highest BCUT2D eigenvalue weighted by molar-refractivity contribution is 9.10. The standard InChI is InChI=1S/C10H12BrN3O/c1-7(10-9(11)3-5-15-10)12-6-8-2-4-13-14-8/h2-5,7,12H,6H2,1H3,(H,13,14). The minimum absolute atomic E-state index is 0.165. The highest BCUT2D eigenvalue weighted by Gasteiger charge is 2.12. The Bertz CT molecular complexity index is 410. The van der Waals surface area contributed by atoms with E-state index in [4.69, 9.17) is 4.42 Å². The summed E-state index contributed by atoms with van der Waals surface area (Å²) >= 11 is 3.43. The third-order valence-corrected chi connectivity index (χ3v) is 2.85. The Labute approximate surface area is 96.2 Å². The van der Waals surface area contributed by atoms with Crippen molar-refractivity contribution in [2.75, 3.05) is 0 Å². The quantitative estimate of drug-likeness (QED) is 0.897. The molecular weight excluding hydrogens is 258 g/mol. The molecule has 1 atom stereocenters. The van der Waals surface area contributed by atoms with E-state index in [0.29, 0.717) is 0 Å². The molecule has 15 heavy (non-hydrogen) atoms. The minimum atomic E-state index is 0.165. The van der Waals surface area contributed by atoms with E-state index in [0.717, 1.165) is 22.5 Å². The number of aromatic nitrogens is 2. The first-order valence-corrected chi connectivity index (χ1v) is 5.51. The fourth-order valence-corrected chi connectivity index (χ4v) is 1.90. The van der Waals surface area contributed by atoms with E-state index in [9.17, 15) is 0 Å². The first-order valence-electron chi connectivity index (χ1n) is 4.72. The van der Waals surface area contributed by atoms with Crippen LogP contribution in [0.15, 0.2) is 33.5 Å². The molecule has 80 valence electrons. The lowest BCUT2D eigenvalue weighted by Gasteiger charge is -2.10. The topological polar surface area (TPSA) is 53.9 Å². The smallest absolute Gasteiger partial charge is 0.134 e. The van der Waals surface area contributed by atoms with Crippen LogP contribution in [-0.2, 0) is 6.54 Å². The van der Waals surface area contributed by atoms with Crippen LogP contribution in [0.5, 0.6) is 0 Å². The summed E-state index contributed by atoms with van der Waals surface area (Å²) in [5, 5.41) is 10.1. The SMILES string of the molecule is CC(NCc1ccn[nH]1)c1occc1Br. The van der Waals surface area contributed by atoms with Gasteiger partial charge in [0.15, 0.2) is 0 Å². The molecule has 2 N–H and O–H groups in total. The number of hydrogen-bond donors (Lipinski definition) is 2. The van der Waals surface area contributed by atoms with Gasteiger partial charge in [-0.05, 0) is 35.0 Å². The number of nitrogens with one attached hydrogen (secondary N) is 2. The molecule has 0 spiro atoms. The molecule has 2 rings (SSSR count). The van der Waals surface area contributed by atoms with Crippen LogP contribution in [-0.4, -0.2) is 10.2 Å². The van der Waals surface area contributed by atoms with Gasteiger partial charge in [-0.3, -0.25) is 5.10 Å². The lowest BCUT2D eigenvalue weighted by molar-refractivity contribution is 0.426. The molecule has 1 unspecified atom stereocenters. The number of nitrogens with zero attached hydrogens (tertiary/aromatic N) is 1. The van der Waals surface area contributed by atoms with Crippen LogP contribution < -0.4 is 5.32 Å². The summed E-state index contributed by atoms with van der Waals surface area (Å²) in [6, 6.07) is 4.00. The van der Waals surface area contributed by atoms with Gasteiger partial charge in [0.1, 0.15) is 5.76 Å². The molecule has 0 aliphatic carbocycles. The number of rotatable bonds is 4. The summed E-state index contributed by atoms with van der Waals surface area (Å²) in [4.78, 5) is 0. The molecule has 2 aromatic rings. The van der Waals surface area contributed by atoms with E-state index in [1.54, 1.807) is 12.5 Å². The highest BCUT2D eigenvalue weighted by atomic mass is 79.9. The lowest BCUT2D eigenvalue weighted by atomic mass is 10.2. The fraction of sp³-hybridized carbons (Fsp3) is 0.300. The van der Waals surface area contributed by atoms with Crippen molar-refractivity contribution >= 4 is 15.9 Å². The van der Waals surface area contributed by atoms with E-state index in [1.165, 1.54) is 0 Å². The highest BCUT2D eigenvalue weighted by Crippen LogP contribution is 2.24. The molecule has 2 aromatic heterocycles. The molecule has 0 radical (unpaired) electrons. The lowest BCUT2D eigenvalue weighted by Crippen LogP contribution is -2.18. The van der Waals surface area contributed by atoms with Crippen LogP contribution in [0.25, 0.3) is 0 Å². The summed E-state index contributed by atoms with van der Waals surface area (Å²) in [6.45, 7) is 2.80. The summed E-state index contributed by atoms with van der Waals surface area (Å²) in [5.41, 5.74) is 1.06. The van der Waals surface area contributed by atoms with Gasteiger partial charge in [0, 0.05) is 18.4 Å². The molecule has 0 aliphatic rings. The van der Waals surface area contributed by atoms with E-state index in [-0.39, 0.29) is 6.04 Å². The summed E-state index contributed by atoms with van der Waals surface area (Å²) in [7, 11) is 0. The van der Waals surface area contributed by atoms with Crippen molar-refractivity contribution in [2.24, 2.45) is 0 Å². The Morgan fingerprint density at radius 3 is 3.07 bits per heavy atom. The van der Waals surface area contributed by atoms with Gasteiger partial charge in [-0.2, -0.15) is 5.10 Å². The van der Waals surface area contributed by atoms with Gasteiger partial charge in [-0.15, -0.1) is 0 Å². The van der Waals surface area contributed by atoms with Gasteiger partial charge >= 0.3 is 0 Å². The zero-order valence-corrected chi connectivity index (χ0v) is 9.91. The number of H-pyrrole nitrogens is 1. The predicted octanol–water partition coefficient (Wildman–Crippen LogP) is 2.62. The Hall–Kier alpha value is -1.07. The van der Waals surface area contributed by atoms with Crippen LogP contribution >= 0.6 is 15.9 Å². The maximum Gasteiger partial charge on any atom is 0.134 e. The predicted molar refractivity (Wildman–Crippen MR) is 60.3 cm³/mol. The molecule has 0 aromatic carbocycles. The molecule has 4 nitrogen and oxygen atoms in total. The van der Waals surface area contributed by atoms with E-state index in [1.807, 2.05) is 12.1 Å². The van der Waals surface area contributed by atoms with Crippen molar-refractivity contribution in [1.82, 2.24) is 15.5 Å². The third-order valence-electron chi connectivity index (χ3n) is 2.20. The normalized spacial score (nSPS) is 12.9. The molecule has 5 heteroatoms. The van der Waals surface area contributed by atoms with Crippen molar-refractivity contribution in [3.8, 4) is 0 Å². The molecule has 0 saturated carbocycles. The van der Waals surface area contributed by atoms with Crippen molar-refractivity contribution in [3.05, 3.63) is 40.5 Å². The van der Waals surface area contributed by atoms with Crippen molar-refractivity contribution < 1.29 is 4.42 Å². The van der Waals surface area contributed by atoms with Crippen LogP contribution in [0.3, 0.4) is 0 Å². The van der Waals surface area contributed by atoms with E-state index in [2.05, 4.69) is 38.4 Å². The fourth-order valence-electron chi connectivity index (χ4n) is 1.35. The van der Waals surface area contributed by atoms with Crippen LogP contribution in [0.1, 0.15) is 24.4 Å².